The molecule has 0 radical (unpaired) electrons. The first-order chi connectivity index (χ1) is 9.52. The van der Waals surface area contributed by atoms with E-state index in [1.54, 1.807) is 0 Å². The van der Waals surface area contributed by atoms with E-state index in [-0.39, 0.29) is 16.8 Å². The lowest BCUT2D eigenvalue weighted by Crippen LogP contribution is -2.09. The Labute approximate surface area is 124 Å². The van der Waals surface area contributed by atoms with Crippen molar-refractivity contribution in [1.29, 1.82) is 0 Å². The minimum atomic E-state index is -0.740. The largest absolute Gasteiger partial charge is 0.479 e. The molecule has 0 atom stereocenters. The second-order valence-electron chi connectivity index (χ2n) is 3.47. The van der Waals surface area contributed by atoms with Gasteiger partial charge in [-0.1, -0.05) is 4.49 Å². The number of hydrogen-bond acceptors (Lipinski definition) is 8. The highest BCUT2D eigenvalue weighted by Gasteiger charge is 2.21. The third-order valence-electron chi connectivity index (χ3n) is 2.23. The summed E-state index contributed by atoms with van der Waals surface area (Å²) in [4.78, 5) is 10.2. The summed E-state index contributed by atoms with van der Waals surface area (Å²) in [7, 11) is 0. The lowest BCUT2D eigenvalue weighted by atomic mass is 10.3. The van der Waals surface area contributed by atoms with E-state index < -0.39 is 16.4 Å². The van der Waals surface area contributed by atoms with Crippen molar-refractivity contribution in [3.8, 4) is 5.75 Å². The number of nitrogens with two attached hydrogens (primary N) is 1. The second kappa shape index (κ2) is 6.07. The fraction of sp³-hybridized carbons (Fsp3) is 0.111. The number of ether oxygens (including phenoxy) is 1. The van der Waals surface area contributed by atoms with Gasteiger partial charge in [0.15, 0.2) is 5.00 Å². The average molecular weight is 364 g/mol. The molecule has 0 fully saturated rings. The summed E-state index contributed by atoms with van der Waals surface area (Å²) in [6.45, 7) is -0.0961. The van der Waals surface area contributed by atoms with E-state index in [9.17, 15) is 14.5 Å². The molecular weight excluding hydrogens is 357 g/mol. The van der Waals surface area contributed by atoms with E-state index in [0.29, 0.717) is 10.7 Å². The van der Waals surface area contributed by atoms with E-state index in [2.05, 4.69) is 30.9 Å². The zero-order valence-corrected chi connectivity index (χ0v) is 12.1. The number of halogens is 2. The van der Waals surface area contributed by atoms with Gasteiger partial charge in [-0.2, -0.15) is 0 Å². The van der Waals surface area contributed by atoms with E-state index >= 15 is 0 Å². The molecule has 0 bridgehead atoms. The van der Waals surface area contributed by atoms with Crippen LogP contribution in [-0.2, 0) is 6.61 Å². The molecular formula is C9H7BrFN5O3S. The van der Waals surface area contributed by atoms with Gasteiger partial charge in [-0.3, -0.25) is 10.1 Å². The molecule has 0 aliphatic heterocycles. The number of rotatable bonds is 5. The fourth-order valence-electron chi connectivity index (χ4n) is 1.38. The molecule has 0 amide bonds. The number of nitrogens with zero attached hydrogens (tertiary/aromatic N) is 3. The van der Waals surface area contributed by atoms with Gasteiger partial charge >= 0.3 is 5.69 Å². The molecule has 3 N–H and O–H groups in total. The molecule has 11 heteroatoms. The SMILES string of the molecule is NNc1snnc1COc1c(Br)cc(F)cc1[N+](=O)[O-]. The highest BCUT2D eigenvalue weighted by Crippen LogP contribution is 2.36. The van der Waals surface area contributed by atoms with Crippen molar-refractivity contribution in [1.82, 2.24) is 9.59 Å². The first kappa shape index (κ1) is 14.6. The Morgan fingerprint density at radius 1 is 1.60 bits per heavy atom. The Hall–Kier alpha value is -1.85. The van der Waals surface area contributed by atoms with Crippen molar-refractivity contribution < 1.29 is 14.1 Å². The topological polar surface area (TPSA) is 116 Å². The van der Waals surface area contributed by atoms with Crippen molar-refractivity contribution in [2.45, 2.75) is 6.61 Å². The van der Waals surface area contributed by atoms with Crippen LogP contribution in [0.2, 0.25) is 0 Å². The Morgan fingerprint density at radius 3 is 3.00 bits per heavy atom. The van der Waals surface area contributed by atoms with Crippen LogP contribution in [0.3, 0.4) is 0 Å². The number of aromatic nitrogens is 2. The fourth-order valence-corrected chi connectivity index (χ4v) is 2.39. The summed E-state index contributed by atoms with van der Waals surface area (Å²) >= 11 is 4.04. The molecule has 0 saturated carbocycles. The van der Waals surface area contributed by atoms with E-state index in [1.807, 2.05) is 0 Å². The number of hydrazine groups is 1. The summed E-state index contributed by atoms with van der Waals surface area (Å²) < 4.78 is 22.3. The van der Waals surface area contributed by atoms with Crippen molar-refractivity contribution in [3.63, 3.8) is 0 Å². The van der Waals surface area contributed by atoms with Gasteiger partial charge in [-0.15, -0.1) is 5.10 Å². The number of benzene rings is 1. The molecule has 0 aliphatic carbocycles. The predicted molar refractivity (Wildman–Crippen MR) is 72.8 cm³/mol. The molecule has 2 rings (SSSR count). The summed E-state index contributed by atoms with van der Waals surface area (Å²) in [5.41, 5.74) is 2.29. The predicted octanol–water partition coefficient (Wildman–Crippen LogP) is 2.21. The van der Waals surface area contributed by atoms with Gasteiger partial charge in [0.2, 0.25) is 5.75 Å². The monoisotopic (exact) mass is 363 g/mol. The maximum absolute atomic E-state index is 13.2. The van der Waals surface area contributed by atoms with Gasteiger partial charge in [0, 0.05) is 11.5 Å². The van der Waals surface area contributed by atoms with E-state index in [4.69, 9.17) is 10.6 Å². The first-order valence-corrected chi connectivity index (χ1v) is 6.63. The molecule has 106 valence electrons. The molecule has 0 spiro atoms. The highest BCUT2D eigenvalue weighted by molar-refractivity contribution is 9.10. The van der Waals surface area contributed by atoms with Crippen molar-refractivity contribution in [2.24, 2.45) is 5.84 Å². The van der Waals surface area contributed by atoms with Gasteiger partial charge in [0.05, 0.1) is 15.5 Å². The quantitative estimate of drug-likeness (QED) is 0.475. The van der Waals surface area contributed by atoms with Gasteiger partial charge in [-0.25, -0.2) is 10.2 Å². The van der Waals surface area contributed by atoms with Crippen LogP contribution in [-0.4, -0.2) is 14.5 Å². The third-order valence-corrected chi connectivity index (χ3v) is 3.51. The van der Waals surface area contributed by atoms with E-state index in [0.717, 1.165) is 23.7 Å². The number of hydrogen-bond donors (Lipinski definition) is 2. The Morgan fingerprint density at radius 2 is 2.35 bits per heavy atom. The van der Waals surface area contributed by atoms with Crippen molar-refractivity contribution in [2.75, 3.05) is 5.43 Å². The standard InChI is InChI=1S/C9H7BrFN5O3S/c10-5-1-4(11)2-7(16(17)18)8(5)19-3-6-9(13-12)20-15-14-6/h1-2,13H,3,12H2. The number of anilines is 1. The zero-order chi connectivity index (χ0) is 14.7. The van der Waals surface area contributed by atoms with Crippen molar-refractivity contribution in [3.05, 3.63) is 38.2 Å². The number of nitrogen functional groups attached to an aromatic ring is 1. The second-order valence-corrected chi connectivity index (χ2v) is 5.08. The van der Waals surface area contributed by atoms with Crippen LogP contribution in [0.1, 0.15) is 5.69 Å². The molecule has 0 saturated heterocycles. The van der Waals surface area contributed by atoms with Crippen LogP contribution in [0, 0.1) is 15.9 Å². The molecule has 1 aromatic heterocycles. The third kappa shape index (κ3) is 3.00. The number of nitro benzene ring substituents is 1. The van der Waals surface area contributed by atoms with Crippen LogP contribution in [0.4, 0.5) is 15.1 Å². The molecule has 0 unspecified atom stereocenters. The Kier molecular flexibility index (Phi) is 4.42. The van der Waals surface area contributed by atoms with Gasteiger partial charge in [-0.05, 0) is 22.0 Å². The van der Waals surface area contributed by atoms with Crippen LogP contribution in [0.5, 0.6) is 5.75 Å². The van der Waals surface area contributed by atoms with E-state index in [1.165, 1.54) is 0 Å². The van der Waals surface area contributed by atoms with Crippen LogP contribution in [0.25, 0.3) is 0 Å². The molecule has 1 aromatic carbocycles. The number of nitro groups is 1. The molecule has 0 aliphatic rings. The van der Waals surface area contributed by atoms with Crippen LogP contribution >= 0.6 is 27.5 Å². The number of nitrogens with one attached hydrogen (secondary N) is 1. The molecule has 2 aromatic rings. The summed E-state index contributed by atoms with van der Waals surface area (Å²) in [6, 6.07) is 1.85. The van der Waals surface area contributed by atoms with Gasteiger partial charge in [0.1, 0.15) is 18.1 Å². The Bertz CT molecular complexity index is 653. The molecule has 1 heterocycles. The summed E-state index contributed by atoms with van der Waals surface area (Å²) in [5.74, 6) is 4.42. The Balaban J connectivity index is 2.27. The average Bonchev–Trinajstić information content (AvgIpc) is 2.84. The minimum Gasteiger partial charge on any atom is -0.479 e. The van der Waals surface area contributed by atoms with Crippen LogP contribution < -0.4 is 16.0 Å². The maximum atomic E-state index is 13.2. The molecule has 20 heavy (non-hydrogen) atoms. The molecule has 8 nitrogen and oxygen atoms in total. The summed E-state index contributed by atoms with van der Waals surface area (Å²) in [6.07, 6.45) is 0. The summed E-state index contributed by atoms with van der Waals surface area (Å²) in [5, 5.41) is 15.1. The van der Waals surface area contributed by atoms with Crippen LogP contribution in [0.15, 0.2) is 16.6 Å². The highest BCUT2D eigenvalue weighted by atomic mass is 79.9. The lowest BCUT2D eigenvalue weighted by molar-refractivity contribution is -0.386. The maximum Gasteiger partial charge on any atom is 0.315 e. The first-order valence-electron chi connectivity index (χ1n) is 5.07. The minimum absolute atomic E-state index is 0.0904. The van der Waals surface area contributed by atoms with Crippen molar-refractivity contribution >= 4 is 38.2 Å². The zero-order valence-electron chi connectivity index (χ0n) is 9.67. The lowest BCUT2D eigenvalue weighted by Gasteiger charge is -2.08. The van der Waals surface area contributed by atoms with Gasteiger partial charge < -0.3 is 10.2 Å². The normalized spacial score (nSPS) is 10.3. The smallest absolute Gasteiger partial charge is 0.315 e. The van der Waals surface area contributed by atoms with Gasteiger partial charge in [0.25, 0.3) is 0 Å².